The molecule has 3 heterocycles. The molecular formula is C24H28N6O5. The maximum Gasteiger partial charge on any atom is 0.274 e. The summed E-state index contributed by atoms with van der Waals surface area (Å²) in [5.41, 5.74) is 0.569. The average molecular weight is 481 g/mol. The topological polar surface area (TPSA) is 121 Å². The summed E-state index contributed by atoms with van der Waals surface area (Å²) in [5, 5.41) is 7.06. The smallest absolute Gasteiger partial charge is 0.274 e. The summed E-state index contributed by atoms with van der Waals surface area (Å²) in [7, 11) is 1.59. The van der Waals surface area contributed by atoms with Crippen LogP contribution in [0.5, 0.6) is 17.4 Å². The molecule has 11 nitrogen and oxygen atoms in total. The molecule has 0 unspecified atom stereocenters. The highest BCUT2D eigenvalue weighted by Gasteiger charge is 2.23. The standard InChI is InChI=1S/C24H28N6O5/c1-4-30-9-6-21(28-30)27-23(31)17-10-18(34-16(2)15-33-3)12-19(11-17)35-22-14-25-20(13-26-22)24(32)29-7-5-8-29/h6,9-14,16H,4-5,7-8,15H2,1-3H3,(H,27,28,31)/t16-/m0/s1. The monoisotopic (exact) mass is 480 g/mol. The molecule has 1 aliphatic rings. The Morgan fingerprint density at radius 3 is 2.57 bits per heavy atom. The molecule has 3 aromatic rings. The predicted octanol–water partition coefficient (Wildman–Crippen LogP) is 3.00. The second-order valence-corrected chi connectivity index (χ2v) is 8.08. The van der Waals surface area contributed by atoms with Crippen LogP contribution in [-0.4, -0.2) is 69.4 Å². The molecule has 184 valence electrons. The van der Waals surface area contributed by atoms with Gasteiger partial charge < -0.3 is 24.4 Å². The highest BCUT2D eigenvalue weighted by Crippen LogP contribution is 2.28. The third-order valence-electron chi connectivity index (χ3n) is 5.30. The third-order valence-corrected chi connectivity index (χ3v) is 5.30. The average Bonchev–Trinajstić information content (AvgIpc) is 3.26. The molecule has 0 spiro atoms. The summed E-state index contributed by atoms with van der Waals surface area (Å²) in [6.07, 6.45) is 5.29. The first-order chi connectivity index (χ1) is 16.9. The van der Waals surface area contributed by atoms with Crippen LogP contribution in [0.4, 0.5) is 5.82 Å². The Labute approximate surface area is 203 Å². The summed E-state index contributed by atoms with van der Waals surface area (Å²) < 4.78 is 18.6. The maximum atomic E-state index is 12.9. The van der Waals surface area contributed by atoms with Crippen molar-refractivity contribution in [1.29, 1.82) is 0 Å². The quantitative estimate of drug-likeness (QED) is 0.470. The fourth-order valence-electron chi connectivity index (χ4n) is 3.41. The number of carbonyl (C=O) groups excluding carboxylic acids is 2. The van der Waals surface area contributed by atoms with E-state index in [1.807, 2.05) is 13.8 Å². The van der Waals surface area contributed by atoms with Crippen LogP contribution in [0.15, 0.2) is 42.9 Å². The van der Waals surface area contributed by atoms with Gasteiger partial charge >= 0.3 is 0 Å². The van der Waals surface area contributed by atoms with Gasteiger partial charge in [0.05, 0.1) is 19.0 Å². The lowest BCUT2D eigenvalue weighted by Crippen LogP contribution is -2.42. The summed E-state index contributed by atoms with van der Waals surface area (Å²) in [5.74, 6) is 0.846. The molecule has 35 heavy (non-hydrogen) atoms. The summed E-state index contributed by atoms with van der Waals surface area (Å²) in [6.45, 7) is 6.35. The Kier molecular flexibility index (Phi) is 7.56. The Hall–Kier alpha value is -3.99. The van der Waals surface area contributed by atoms with Crippen molar-refractivity contribution >= 4 is 17.6 Å². The fourth-order valence-corrected chi connectivity index (χ4v) is 3.41. The molecule has 0 aliphatic carbocycles. The first kappa shape index (κ1) is 24.1. The van der Waals surface area contributed by atoms with Crippen molar-refractivity contribution in [3.8, 4) is 17.4 Å². The minimum absolute atomic E-state index is 0.151. The molecule has 1 atom stereocenters. The van der Waals surface area contributed by atoms with Crippen molar-refractivity contribution in [1.82, 2.24) is 24.6 Å². The number of ether oxygens (including phenoxy) is 3. The molecule has 0 saturated carbocycles. The molecule has 1 aliphatic heterocycles. The Morgan fingerprint density at radius 1 is 1.14 bits per heavy atom. The van der Waals surface area contributed by atoms with Crippen LogP contribution >= 0.6 is 0 Å². The highest BCUT2D eigenvalue weighted by molar-refractivity contribution is 6.04. The van der Waals surface area contributed by atoms with Crippen molar-refractivity contribution in [2.75, 3.05) is 32.1 Å². The highest BCUT2D eigenvalue weighted by atomic mass is 16.5. The molecule has 2 aromatic heterocycles. The van der Waals surface area contributed by atoms with E-state index in [9.17, 15) is 9.59 Å². The van der Waals surface area contributed by atoms with Crippen LogP contribution in [0.1, 0.15) is 41.1 Å². The van der Waals surface area contributed by atoms with Gasteiger partial charge in [0.2, 0.25) is 5.88 Å². The zero-order chi connectivity index (χ0) is 24.8. The second-order valence-electron chi connectivity index (χ2n) is 8.08. The summed E-state index contributed by atoms with van der Waals surface area (Å²) in [6, 6.07) is 6.56. The van der Waals surface area contributed by atoms with Gasteiger partial charge in [-0.3, -0.25) is 14.3 Å². The lowest BCUT2D eigenvalue weighted by Gasteiger charge is -2.30. The first-order valence-corrected chi connectivity index (χ1v) is 11.4. The normalized spacial score (nSPS) is 13.6. The van der Waals surface area contributed by atoms with Gasteiger partial charge in [0.25, 0.3) is 11.8 Å². The number of aryl methyl sites for hydroxylation is 1. The minimum Gasteiger partial charge on any atom is -0.488 e. The van der Waals surface area contributed by atoms with E-state index in [4.69, 9.17) is 14.2 Å². The lowest BCUT2D eigenvalue weighted by atomic mass is 10.2. The Balaban J connectivity index is 1.53. The molecule has 0 bridgehead atoms. The number of hydrogen-bond donors (Lipinski definition) is 1. The number of likely N-dealkylation sites (tertiary alicyclic amines) is 1. The molecule has 0 radical (unpaired) electrons. The minimum atomic E-state index is -0.373. The Morgan fingerprint density at radius 2 is 1.94 bits per heavy atom. The van der Waals surface area contributed by atoms with Gasteiger partial charge in [-0.25, -0.2) is 9.97 Å². The Bertz CT molecular complexity index is 1180. The van der Waals surface area contributed by atoms with Crippen LogP contribution in [0.2, 0.25) is 0 Å². The van der Waals surface area contributed by atoms with Crippen LogP contribution in [0.3, 0.4) is 0 Å². The third kappa shape index (κ3) is 6.12. The number of anilines is 1. The number of methoxy groups -OCH3 is 1. The van der Waals surface area contributed by atoms with Crippen molar-refractivity contribution in [2.45, 2.75) is 32.9 Å². The van der Waals surface area contributed by atoms with Crippen LogP contribution in [0.25, 0.3) is 0 Å². The zero-order valence-corrected chi connectivity index (χ0v) is 19.9. The van der Waals surface area contributed by atoms with Crippen LogP contribution < -0.4 is 14.8 Å². The number of benzene rings is 1. The maximum absolute atomic E-state index is 12.9. The van der Waals surface area contributed by atoms with Crippen LogP contribution in [-0.2, 0) is 11.3 Å². The number of hydrogen-bond acceptors (Lipinski definition) is 8. The van der Waals surface area contributed by atoms with Gasteiger partial charge in [-0.2, -0.15) is 5.10 Å². The lowest BCUT2D eigenvalue weighted by molar-refractivity contribution is 0.0645. The van der Waals surface area contributed by atoms with Crippen molar-refractivity contribution in [3.05, 3.63) is 54.1 Å². The number of nitrogens with one attached hydrogen (secondary N) is 1. The van der Waals surface area contributed by atoms with E-state index in [-0.39, 0.29) is 29.5 Å². The number of amides is 2. The van der Waals surface area contributed by atoms with Crippen molar-refractivity contribution < 1.29 is 23.8 Å². The molecule has 1 fully saturated rings. The van der Waals surface area contributed by atoms with Gasteiger partial charge in [-0.05, 0) is 32.4 Å². The van der Waals surface area contributed by atoms with E-state index < -0.39 is 0 Å². The second kappa shape index (κ2) is 11.0. The molecule has 11 heteroatoms. The fraction of sp³-hybridized carbons (Fsp3) is 0.375. The molecule has 4 rings (SSSR count). The van der Waals surface area contributed by atoms with Gasteiger partial charge in [-0.1, -0.05) is 0 Å². The van der Waals surface area contributed by atoms with Gasteiger partial charge in [0.15, 0.2) is 5.82 Å². The van der Waals surface area contributed by atoms with Gasteiger partial charge in [0, 0.05) is 50.6 Å². The van der Waals surface area contributed by atoms with E-state index in [2.05, 4.69) is 20.4 Å². The van der Waals surface area contributed by atoms with E-state index in [1.165, 1.54) is 12.4 Å². The number of aromatic nitrogens is 4. The SMILES string of the molecule is CCn1ccc(NC(=O)c2cc(Oc3cnc(C(=O)N4CCC4)cn3)cc(O[C@@H](C)COC)c2)n1. The zero-order valence-electron chi connectivity index (χ0n) is 19.9. The van der Waals surface area contributed by atoms with E-state index in [0.29, 0.717) is 36.0 Å². The number of rotatable bonds is 10. The summed E-state index contributed by atoms with van der Waals surface area (Å²) in [4.78, 5) is 35.3. The van der Waals surface area contributed by atoms with Crippen molar-refractivity contribution in [3.63, 3.8) is 0 Å². The van der Waals surface area contributed by atoms with E-state index >= 15 is 0 Å². The molecule has 1 N–H and O–H groups in total. The van der Waals surface area contributed by atoms with Gasteiger partial charge in [0.1, 0.15) is 23.3 Å². The molecule has 1 aromatic carbocycles. The summed E-state index contributed by atoms with van der Waals surface area (Å²) >= 11 is 0. The molecular weight excluding hydrogens is 452 g/mol. The van der Waals surface area contributed by atoms with E-state index in [0.717, 1.165) is 19.5 Å². The molecule has 2 amide bonds. The van der Waals surface area contributed by atoms with Crippen LogP contribution in [0, 0.1) is 0 Å². The van der Waals surface area contributed by atoms with Gasteiger partial charge in [-0.15, -0.1) is 0 Å². The molecule has 1 saturated heterocycles. The van der Waals surface area contributed by atoms with E-state index in [1.54, 1.807) is 47.2 Å². The number of carbonyl (C=O) groups is 2. The predicted molar refractivity (Wildman–Crippen MR) is 127 cm³/mol. The number of nitrogens with zero attached hydrogens (tertiary/aromatic N) is 5. The largest absolute Gasteiger partial charge is 0.488 e. The first-order valence-electron chi connectivity index (χ1n) is 11.4. The van der Waals surface area contributed by atoms with Crippen molar-refractivity contribution in [2.24, 2.45) is 0 Å².